The first-order valence-corrected chi connectivity index (χ1v) is 6.24. The number of carbonyl (C=O) groups is 1. The van der Waals surface area contributed by atoms with Crippen LogP contribution in [0.3, 0.4) is 0 Å². The van der Waals surface area contributed by atoms with Crippen molar-refractivity contribution in [3.8, 4) is 0 Å². The molecule has 0 aromatic carbocycles. The third kappa shape index (κ3) is 2.88. The maximum atomic E-state index is 12.2. The number of hydrogen-bond donors (Lipinski definition) is 1. The van der Waals surface area contributed by atoms with E-state index in [0.29, 0.717) is 17.7 Å². The molecule has 4 heteroatoms. The molecule has 17 heavy (non-hydrogen) atoms. The fourth-order valence-corrected chi connectivity index (χ4v) is 2.14. The second-order valence-electron chi connectivity index (χ2n) is 4.89. The minimum Gasteiger partial charge on any atom is -0.459 e. The van der Waals surface area contributed by atoms with E-state index < -0.39 is 0 Å². The molecule has 1 aliphatic rings. The van der Waals surface area contributed by atoms with Crippen molar-refractivity contribution in [2.45, 2.75) is 26.3 Å². The number of furan rings is 1. The zero-order valence-corrected chi connectivity index (χ0v) is 10.5. The van der Waals surface area contributed by atoms with Gasteiger partial charge >= 0.3 is 0 Å². The van der Waals surface area contributed by atoms with E-state index in [1.165, 1.54) is 0 Å². The van der Waals surface area contributed by atoms with E-state index in [4.69, 9.17) is 4.42 Å². The average molecular weight is 236 g/mol. The smallest absolute Gasteiger partial charge is 0.289 e. The molecule has 94 valence electrons. The largest absolute Gasteiger partial charge is 0.459 e. The minimum absolute atomic E-state index is 0.00403. The highest BCUT2D eigenvalue weighted by molar-refractivity contribution is 5.91. The topological polar surface area (TPSA) is 45.5 Å². The van der Waals surface area contributed by atoms with Crippen molar-refractivity contribution in [3.05, 3.63) is 24.2 Å². The van der Waals surface area contributed by atoms with Crippen LogP contribution in [0.25, 0.3) is 0 Å². The lowest BCUT2D eigenvalue weighted by atomic mass is 10.0. The van der Waals surface area contributed by atoms with Crippen LogP contribution in [0, 0.1) is 5.92 Å². The van der Waals surface area contributed by atoms with Gasteiger partial charge in [-0.25, -0.2) is 0 Å². The molecule has 2 rings (SSSR count). The van der Waals surface area contributed by atoms with Crippen LogP contribution in [0.4, 0.5) is 0 Å². The van der Waals surface area contributed by atoms with Gasteiger partial charge in [-0.15, -0.1) is 0 Å². The van der Waals surface area contributed by atoms with Crippen molar-refractivity contribution >= 4 is 5.91 Å². The third-order valence-corrected chi connectivity index (χ3v) is 3.25. The summed E-state index contributed by atoms with van der Waals surface area (Å²) < 4.78 is 5.17. The van der Waals surface area contributed by atoms with E-state index >= 15 is 0 Å². The Morgan fingerprint density at radius 1 is 1.59 bits per heavy atom. The van der Waals surface area contributed by atoms with E-state index in [9.17, 15) is 4.79 Å². The molecule has 1 atom stereocenters. The Bertz CT molecular complexity index is 360. The first-order chi connectivity index (χ1) is 8.18. The van der Waals surface area contributed by atoms with Gasteiger partial charge in [0, 0.05) is 19.1 Å². The van der Waals surface area contributed by atoms with Crippen molar-refractivity contribution in [3.63, 3.8) is 0 Å². The monoisotopic (exact) mass is 236 g/mol. The lowest BCUT2D eigenvalue weighted by Crippen LogP contribution is -2.43. The summed E-state index contributed by atoms with van der Waals surface area (Å²) in [4.78, 5) is 14.1. The standard InChI is InChI=1S/C13H20N2O2/c1-10(2)11-9-15(7-4-6-14-11)13(16)12-5-3-8-17-12/h3,5,8,10-11,14H,4,6-7,9H2,1-2H3. The zero-order chi connectivity index (χ0) is 12.3. The number of rotatable bonds is 2. The molecular weight excluding hydrogens is 216 g/mol. The zero-order valence-electron chi connectivity index (χ0n) is 10.5. The molecule has 1 aromatic rings. The number of hydrogen-bond acceptors (Lipinski definition) is 3. The van der Waals surface area contributed by atoms with E-state index in [2.05, 4.69) is 19.2 Å². The lowest BCUT2D eigenvalue weighted by molar-refractivity contribution is 0.0713. The van der Waals surface area contributed by atoms with Crippen molar-refractivity contribution in [2.75, 3.05) is 19.6 Å². The summed E-state index contributed by atoms with van der Waals surface area (Å²) >= 11 is 0. The van der Waals surface area contributed by atoms with Gasteiger partial charge in [0.05, 0.1) is 6.26 Å². The van der Waals surface area contributed by atoms with Gasteiger partial charge in [0.2, 0.25) is 0 Å². The Kier molecular flexibility index (Phi) is 3.84. The van der Waals surface area contributed by atoms with Gasteiger partial charge in [-0.2, -0.15) is 0 Å². The predicted octanol–water partition coefficient (Wildman–Crippen LogP) is 1.74. The second kappa shape index (κ2) is 5.36. The maximum Gasteiger partial charge on any atom is 0.289 e. The molecule has 1 aromatic heterocycles. The van der Waals surface area contributed by atoms with Crippen LogP contribution in [0.2, 0.25) is 0 Å². The van der Waals surface area contributed by atoms with Crippen molar-refractivity contribution in [1.29, 1.82) is 0 Å². The van der Waals surface area contributed by atoms with Crippen molar-refractivity contribution in [2.24, 2.45) is 5.92 Å². The van der Waals surface area contributed by atoms with Gasteiger partial charge in [-0.1, -0.05) is 13.8 Å². The van der Waals surface area contributed by atoms with E-state index in [1.807, 2.05) is 4.90 Å². The van der Waals surface area contributed by atoms with Gasteiger partial charge in [0.25, 0.3) is 5.91 Å². The number of nitrogens with one attached hydrogen (secondary N) is 1. The normalized spacial score (nSPS) is 21.6. The molecule has 1 N–H and O–H groups in total. The summed E-state index contributed by atoms with van der Waals surface area (Å²) in [5, 5.41) is 3.49. The number of amides is 1. The Labute approximate surface area is 102 Å². The van der Waals surface area contributed by atoms with Gasteiger partial charge in [-0.05, 0) is 31.0 Å². The second-order valence-corrected chi connectivity index (χ2v) is 4.89. The molecule has 1 aliphatic heterocycles. The summed E-state index contributed by atoms with van der Waals surface area (Å²) in [5.41, 5.74) is 0. The summed E-state index contributed by atoms with van der Waals surface area (Å²) in [5.74, 6) is 0.971. The maximum absolute atomic E-state index is 12.2. The average Bonchev–Trinajstić information content (AvgIpc) is 2.71. The first-order valence-electron chi connectivity index (χ1n) is 6.24. The van der Waals surface area contributed by atoms with Gasteiger partial charge in [-0.3, -0.25) is 4.79 Å². The minimum atomic E-state index is 0.00403. The molecule has 0 aliphatic carbocycles. The summed E-state index contributed by atoms with van der Waals surface area (Å²) in [6.45, 7) is 6.90. The Morgan fingerprint density at radius 2 is 2.41 bits per heavy atom. The van der Waals surface area contributed by atoms with Crippen molar-refractivity contribution in [1.82, 2.24) is 10.2 Å². The molecular formula is C13H20N2O2. The third-order valence-electron chi connectivity index (χ3n) is 3.25. The molecule has 1 saturated heterocycles. The molecule has 2 heterocycles. The summed E-state index contributed by atoms with van der Waals surface area (Å²) in [6, 6.07) is 3.85. The van der Waals surface area contributed by atoms with E-state index in [-0.39, 0.29) is 5.91 Å². The van der Waals surface area contributed by atoms with Crippen LogP contribution >= 0.6 is 0 Å². The quantitative estimate of drug-likeness (QED) is 0.850. The highest BCUT2D eigenvalue weighted by Gasteiger charge is 2.25. The highest BCUT2D eigenvalue weighted by atomic mass is 16.3. The van der Waals surface area contributed by atoms with Crippen LogP contribution < -0.4 is 5.32 Å². The molecule has 1 fully saturated rings. The fourth-order valence-electron chi connectivity index (χ4n) is 2.14. The Morgan fingerprint density at radius 3 is 3.06 bits per heavy atom. The van der Waals surface area contributed by atoms with Crippen LogP contribution in [0.5, 0.6) is 0 Å². The number of carbonyl (C=O) groups excluding carboxylic acids is 1. The Balaban J connectivity index is 2.06. The van der Waals surface area contributed by atoms with E-state index in [1.54, 1.807) is 18.4 Å². The molecule has 0 spiro atoms. The Hall–Kier alpha value is -1.29. The van der Waals surface area contributed by atoms with Crippen LogP contribution in [0.1, 0.15) is 30.8 Å². The molecule has 0 saturated carbocycles. The molecule has 0 bridgehead atoms. The lowest BCUT2D eigenvalue weighted by Gasteiger charge is -2.26. The molecule has 4 nitrogen and oxygen atoms in total. The SMILES string of the molecule is CC(C)C1CN(C(=O)c2ccco2)CCCN1. The predicted molar refractivity (Wildman–Crippen MR) is 65.9 cm³/mol. The molecule has 1 amide bonds. The fraction of sp³-hybridized carbons (Fsp3) is 0.615. The number of nitrogens with zero attached hydrogens (tertiary/aromatic N) is 1. The van der Waals surface area contributed by atoms with Crippen LogP contribution in [0.15, 0.2) is 22.8 Å². The van der Waals surface area contributed by atoms with E-state index in [0.717, 1.165) is 26.1 Å². The summed E-state index contributed by atoms with van der Waals surface area (Å²) in [6.07, 6.45) is 2.54. The van der Waals surface area contributed by atoms with Gasteiger partial charge in [0.15, 0.2) is 5.76 Å². The molecule has 1 unspecified atom stereocenters. The van der Waals surface area contributed by atoms with Crippen LogP contribution in [-0.4, -0.2) is 36.5 Å². The highest BCUT2D eigenvalue weighted by Crippen LogP contribution is 2.12. The van der Waals surface area contributed by atoms with Gasteiger partial charge < -0.3 is 14.6 Å². The molecule has 0 radical (unpaired) electrons. The van der Waals surface area contributed by atoms with Crippen molar-refractivity contribution < 1.29 is 9.21 Å². The van der Waals surface area contributed by atoms with Gasteiger partial charge in [0.1, 0.15) is 0 Å². The first kappa shape index (κ1) is 12.2. The summed E-state index contributed by atoms with van der Waals surface area (Å²) in [7, 11) is 0. The van der Waals surface area contributed by atoms with Crippen LogP contribution in [-0.2, 0) is 0 Å².